The molecule has 0 aliphatic heterocycles. The fourth-order valence-corrected chi connectivity index (χ4v) is 2.48. The lowest BCUT2D eigenvalue weighted by atomic mass is 10.1. The van der Waals surface area contributed by atoms with E-state index < -0.39 is 0 Å². The van der Waals surface area contributed by atoms with E-state index >= 15 is 0 Å². The van der Waals surface area contributed by atoms with Gasteiger partial charge in [0.05, 0.1) is 19.3 Å². The average molecular weight is 473 g/mol. The fourth-order valence-electron chi connectivity index (χ4n) is 2.48. The molecule has 2 aromatic heterocycles. The molecule has 0 saturated heterocycles. The molecular formula is C18H28IN5O2. The number of aliphatic imine (C=N–C) groups is 1. The Bertz CT molecular complexity index is 681. The third-order valence-electron chi connectivity index (χ3n) is 3.81. The van der Waals surface area contributed by atoms with E-state index in [4.69, 9.17) is 9.26 Å². The fraction of sp³-hybridized carbons (Fsp3) is 0.500. The maximum absolute atomic E-state index is 5.41. The minimum atomic E-state index is 0. The van der Waals surface area contributed by atoms with Crippen molar-refractivity contribution in [2.24, 2.45) is 4.99 Å². The first-order chi connectivity index (χ1) is 12.2. The van der Waals surface area contributed by atoms with Crippen molar-refractivity contribution < 1.29 is 9.26 Å². The number of pyridine rings is 1. The van der Waals surface area contributed by atoms with Gasteiger partial charge in [0.15, 0.2) is 5.96 Å². The summed E-state index contributed by atoms with van der Waals surface area (Å²) in [6.07, 6.45) is 3.40. The summed E-state index contributed by atoms with van der Waals surface area (Å²) < 4.78 is 10.6. The SMILES string of the molecule is CCNC(=NCc1ccnc(OC)c1)NCc1c(CC)noc1CC.I. The number of aromatic nitrogens is 2. The van der Waals surface area contributed by atoms with Crippen LogP contribution in [-0.2, 0) is 25.9 Å². The van der Waals surface area contributed by atoms with Crippen molar-refractivity contribution >= 4 is 29.9 Å². The zero-order valence-corrected chi connectivity index (χ0v) is 18.2. The van der Waals surface area contributed by atoms with E-state index in [1.165, 1.54) is 0 Å². The molecule has 2 heterocycles. The molecule has 0 aromatic carbocycles. The molecule has 0 fully saturated rings. The van der Waals surface area contributed by atoms with Crippen LogP contribution >= 0.6 is 24.0 Å². The van der Waals surface area contributed by atoms with E-state index in [0.717, 1.165) is 47.9 Å². The molecule has 2 N–H and O–H groups in total. The van der Waals surface area contributed by atoms with Crippen LogP contribution in [0.1, 0.15) is 43.4 Å². The number of hydrogen-bond acceptors (Lipinski definition) is 5. The van der Waals surface area contributed by atoms with Crippen LogP contribution in [0.25, 0.3) is 0 Å². The van der Waals surface area contributed by atoms with Crippen molar-refractivity contribution in [3.05, 3.63) is 40.9 Å². The molecule has 144 valence electrons. The minimum Gasteiger partial charge on any atom is -0.481 e. The lowest BCUT2D eigenvalue weighted by Gasteiger charge is -2.12. The molecule has 2 rings (SSSR count). The molecule has 0 spiro atoms. The second kappa shape index (κ2) is 11.7. The summed E-state index contributed by atoms with van der Waals surface area (Å²) in [4.78, 5) is 8.74. The van der Waals surface area contributed by atoms with E-state index in [1.807, 2.05) is 19.1 Å². The van der Waals surface area contributed by atoms with Crippen LogP contribution < -0.4 is 15.4 Å². The number of nitrogens with zero attached hydrogens (tertiary/aromatic N) is 3. The van der Waals surface area contributed by atoms with Crippen LogP contribution in [0.2, 0.25) is 0 Å². The Morgan fingerprint density at radius 1 is 1.23 bits per heavy atom. The highest BCUT2D eigenvalue weighted by molar-refractivity contribution is 14.0. The van der Waals surface area contributed by atoms with Crippen LogP contribution in [-0.4, -0.2) is 29.8 Å². The van der Waals surface area contributed by atoms with E-state index in [-0.39, 0.29) is 24.0 Å². The number of halogens is 1. The molecule has 2 aromatic rings. The smallest absolute Gasteiger partial charge is 0.213 e. The van der Waals surface area contributed by atoms with Gasteiger partial charge in [-0.3, -0.25) is 0 Å². The standard InChI is InChI=1S/C18H27N5O2.HI/c1-5-15-14(16(6-2)25-23-15)12-22-18(19-7-3)21-11-13-8-9-20-17(10-13)24-4;/h8-10H,5-7,11-12H2,1-4H3,(H2,19,21,22);1H. The van der Waals surface area contributed by atoms with Gasteiger partial charge in [0.25, 0.3) is 0 Å². The third-order valence-corrected chi connectivity index (χ3v) is 3.81. The second-order valence-electron chi connectivity index (χ2n) is 5.49. The Kier molecular flexibility index (Phi) is 10.0. The molecule has 0 aliphatic rings. The van der Waals surface area contributed by atoms with Gasteiger partial charge in [0, 0.05) is 37.3 Å². The normalized spacial score (nSPS) is 11.0. The summed E-state index contributed by atoms with van der Waals surface area (Å²) in [6, 6.07) is 3.82. The summed E-state index contributed by atoms with van der Waals surface area (Å²) in [5, 5.41) is 10.8. The first-order valence-corrected chi connectivity index (χ1v) is 8.69. The van der Waals surface area contributed by atoms with E-state index in [9.17, 15) is 0 Å². The van der Waals surface area contributed by atoms with Crippen LogP contribution in [0.15, 0.2) is 27.8 Å². The van der Waals surface area contributed by atoms with Crippen LogP contribution in [0.3, 0.4) is 0 Å². The van der Waals surface area contributed by atoms with Gasteiger partial charge in [0.1, 0.15) is 5.76 Å². The van der Waals surface area contributed by atoms with Crippen molar-refractivity contribution in [3.63, 3.8) is 0 Å². The molecule has 8 heteroatoms. The van der Waals surface area contributed by atoms with Gasteiger partial charge in [-0.2, -0.15) is 0 Å². The van der Waals surface area contributed by atoms with Crippen LogP contribution in [0.4, 0.5) is 0 Å². The quantitative estimate of drug-likeness (QED) is 0.348. The summed E-state index contributed by atoms with van der Waals surface area (Å²) in [5.41, 5.74) is 3.16. The van der Waals surface area contributed by atoms with Crippen LogP contribution in [0, 0.1) is 0 Å². The molecule has 0 bridgehead atoms. The molecule has 0 radical (unpaired) electrons. The van der Waals surface area contributed by atoms with E-state index in [0.29, 0.717) is 19.0 Å². The summed E-state index contributed by atoms with van der Waals surface area (Å²) in [7, 11) is 1.61. The summed E-state index contributed by atoms with van der Waals surface area (Å²) in [6.45, 7) is 8.16. The lowest BCUT2D eigenvalue weighted by Crippen LogP contribution is -2.37. The number of hydrogen-bond donors (Lipinski definition) is 2. The predicted molar refractivity (Wildman–Crippen MR) is 113 cm³/mol. The minimum absolute atomic E-state index is 0. The highest BCUT2D eigenvalue weighted by Crippen LogP contribution is 2.15. The lowest BCUT2D eigenvalue weighted by molar-refractivity contribution is 0.380. The highest BCUT2D eigenvalue weighted by Gasteiger charge is 2.13. The van der Waals surface area contributed by atoms with E-state index in [2.05, 4.69) is 39.6 Å². The zero-order chi connectivity index (χ0) is 18.1. The van der Waals surface area contributed by atoms with Gasteiger partial charge in [-0.1, -0.05) is 19.0 Å². The van der Waals surface area contributed by atoms with Gasteiger partial charge in [0.2, 0.25) is 5.88 Å². The van der Waals surface area contributed by atoms with Gasteiger partial charge in [-0.15, -0.1) is 24.0 Å². The van der Waals surface area contributed by atoms with Crippen molar-refractivity contribution in [2.75, 3.05) is 13.7 Å². The average Bonchev–Trinajstić information content (AvgIpc) is 3.06. The largest absolute Gasteiger partial charge is 0.481 e. The topological polar surface area (TPSA) is 84.6 Å². The molecule has 0 atom stereocenters. The zero-order valence-electron chi connectivity index (χ0n) is 15.8. The maximum atomic E-state index is 5.41. The molecule has 26 heavy (non-hydrogen) atoms. The Balaban J connectivity index is 0.00000338. The number of ether oxygens (including phenoxy) is 1. The second-order valence-corrected chi connectivity index (χ2v) is 5.49. The number of rotatable bonds is 8. The predicted octanol–water partition coefficient (Wildman–Crippen LogP) is 3.08. The first kappa shape index (κ1) is 22.2. The molecule has 0 amide bonds. The van der Waals surface area contributed by atoms with Crippen molar-refractivity contribution in [3.8, 4) is 5.88 Å². The Morgan fingerprint density at radius 2 is 2.04 bits per heavy atom. The molecule has 7 nitrogen and oxygen atoms in total. The third kappa shape index (κ3) is 6.15. The molecule has 0 saturated carbocycles. The monoisotopic (exact) mass is 473 g/mol. The van der Waals surface area contributed by atoms with Gasteiger partial charge in [-0.05, 0) is 25.0 Å². The van der Waals surface area contributed by atoms with Gasteiger partial charge in [-0.25, -0.2) is 9.98 Å². The summed E-state index contributed by atoms with van der Waals surface area (Å²) >= 11 is 0. The number of guanidine groups is 1. The first-order valence-electron chi connectivity index (χ1n) is 8.69. The van der Waals surface area contributed by atoms with E-state index in [1.54, 1.807) is 13.3 Å². The Hall–Kier alpha value is -1.84. The maximum Gasteiger partial charge on any atom is 0.213 e. The Morgan fingerprint density at radius 3 is 2.69 bits per heavy atom. The number of aryl methyl sites for hydroxylation is 2. The highest BCUT2D eigenvalue weighted by atomic mass is 127. The Labute approximate surface area is 172 Å². The van der Waals surface area contributed by atoms with Crippen molar-refractivity contribution in [1.82, 2.24) is 20.8 Å². The molecule has 0 aliphatic carbocycles. The van der Waals surface area contributed by atoms with Crippen molar-refractivity contribution in [2.45, 2.75) is 46.7 Å². The van der Waals surface area contributed by atoms with Gasteiger partial charge < -0.3 is 19.9 Å². The van der Waals surface area contributed by atoms with Gasteiger partial charge >= 0.3 is 0 Å². The van der Waals surface area contributed by atoms with Crippen molar-refractivity contribution in [1.29, 1.82) is 0 Å². The molecule has 0 unspecified atom stereocenters. The summed E-state index contributed by atoms with van der Waals surface area (Å²) in [5.74, 6) is 2.28. The number of nitrogens with one attached hydrogen (secondary N) is 2. The molecular weight excluding hydrogens is 445 g/mol. The number of methoxy groups -OCH3 is 1. The van der Waals surface area contributed by atoms with Crippen LogP contribution in [0.5, 0.6) is 5.88 Å².